The summed E-state index contributed by atoms with van der Waals surface area (Å²) in [7, 11) is -5.26. The third-order valence-electron chi connectivity index (χ3n) is 3.63. The molecule has 1 fully saturated rings. The van der Waals surface area contributed by atoms with Gasteiger partial charge >= 0.3 is 0 Å². The van der Waals surface area contributed by atoms with E-state index < -0.39 is 20.0 Å². The molecular formula is C13H20ClN3O4S2. The van der Waals surface area contributed by atoms with Gasteiger partial charge in [-0.05, 0) is 31.3 Å². The normalized spacial score (nSPS) is 18.2. The van der Waals surface area contributed by atoms with Crippen LogP contribution in [0.4, 0.5) is 0 Å². The Bertz CT molecular complexity index is 727. The second-order valence-corrected chi connectivity index (χ2v) is 9.66. The summed E-state index contributed by atoms with van der Waals surface area (Å²) in [6.45, 7) is 2.05. The minimum Gasteiger partial charge on any atom is -0.304 e. The smallest absolute Gasteiger partial charge is 0.240 e. The van der Waals surface area contributed by atoms with Crippen LogP contribution in [-0.4, -0.2) is 71.6 Å². The second kappa shape index (κ2) is 7.45. The van der Waals surface area contributed by atoms with Gasteiger partial charge in [-0.1, -0.05) is 11.6 Å². The zero-order valence-corrected chi connectivity index (χ0v) is 15.2. The van der Waals surface area contributed by atoms with Gasteiger partial charge in [0.25, 0.3) is 0 Å². The molecule has 0 unspecified atom stereocenters. The Hall–Kier alpha value is -0.710. The van der Waals surface area contributed by atoms with Gasteiger partial charge in [-0.15, -0.1) is 0 Å². The third kappa shape index (κ3) is 5.13. The van der Waals surface area contributed by atoms with Crippen LogP contribution >= 0.6 is 11.6 Å². The molecule has 0 bridgehead atoms. The minimum absolute atomic E-state index is 0.0545. The first-order valence-corrected chi connectivity index (χ1v) is 10.6. The van der Waals surface area contributed by atoms with E-state index in [0.29, 0.717) is 31.2 Å². The van der Waals surface area contributed by atoms with Gasteiger partial charge in [-0.3, -0.25) is 0 Å². The van der Waals surface area contributed by atoms with Crippen LogP contribution < -0.4 is 4.72 Å². The molecule has 1 aliphatic heterocycles. The number of sulfonamides is 2. The first kappa shape index (κ1) is 18.6. The van der Waals surface area contributed by atoms with Crippen molar-refractivity contribution in [2.75, 3.05) is 45.5 Å². The predicted octanol–water partition coefficient (Wildman–Crippen LogP) is 0.196. The van der Waals surface area contributed by atoms with Gasteiger partial charge in [0.15, 0.2) is 0 Å². The third-order valence-corrected chi connectivity index (χ3v) is 7.23. The van der Waals surface area contributed by atoms with Crippen molar-refractivity contribution in [2.24, 2.45) is 0 Å². The van der Waals surface area contributed by atoms with Crippen molar-refractivity contribution in [1.82, 2.24) is 13.9 Å². The summed E-state index contributed by atoms with van der Waals surface area (Å²) < 4.78 is 52.3. The Morgan fingerprint density at radius 1 is 1.04 bits per heavy atom. The van der Waals surface area contributed by atoms with Gasteiger partial charge in [0.1, 0.15) is 0 Å². The minimum atomic E-state index is -3.74. The Balaban J connectivity index is 1.92. The van der Waals surface area contributed by atoms with E-state index in [1.165, 1.54) is 28.6 Å². The first-order valence-electron chi connectivity index (χ1n) is 7.12. The molecule has 130 valence electrons. The van der Waals surface area contributed by atoms with E-state index in [1.807, 2.05) is 7.05 Å². The second-order valence-electron chi connectivity index (χ2n) is 5.37. The molecule has 23 heavy (non-hydrogen) atoms. The number of rotatable bonds is 6. The lowest BCUT2D eigenvalue weighted by Crippen LogP contribution is -2.48. The zero-order chi connectivity index (χ0) is 17.1. The molecule has 1 aromatic carbocycles. The van der Waals surface area contributed by atoms with Gasteiger partial charge in [0.05, 0.1) is 10.6 Å². The average molecular weight is 382 g/mol. The lowest BCUT2D eigenvalue weighted by molar-refractivity contribution is 0.222. The standard InChI is InChI=1S/C13H20ClN3O4S2/c1-16-7-9-17(10-8-16)22(18,19)11-6-15-23(20,21)13-4-2-12(14)3-5-13/h2-5,15H,6-11H2,1H3. The molecule has 1 heterocycles. The molecule has 0 saturated carbocycles. The van der Waals surface area contributed by atoms with E-state index in [2.05, 4.69) is 9.62 Å². The number of nitrogens with one attached hydrogen (secondary N) is 1. The number of hydrogen-bond donors (Lipinski definition) is 1. The highest BCUT2D eigenvalue weighted by molar-refractivity contribution is 7.90. The van der Waals surface area contributed by atoms with Gasteiger partial charge < -0.3 is 4.90 Å². The van der Waals surface area contributed by atoms with Crippen molar-refractivity contribution < 1.29 is 16.8 Å². The highest BCUT2D eigenvalue weighted by Gasteiger charge is 2.26. The first-order chi connectivity index (χ1) is 10.7. The monoisotopic (exact) mass is 381 g/mol. The molecule has 7 nitrogen and oxygen atoms in total. The summed E-state index contributed by atoms with van der Waals surface area (Å²) in [5.41, 5.74) is 0. The zero-order valence-electron chi connectivity index (χ0n) is 12.8. The van der Waals surface area contributed by atoms with Gasteiger partial charge in [-0.25, -0.2) is 21.6 Å². The van der Waals surface area contributed by atoms with Crippen LogP contribution in [0.5, 0.6) is 0 Å². The summed E-state index contributed by atoms with van der Waals surface area (Å²) in [4.78, 5) is 2.11. The maximum atomic E-state index is 12.2. The fourth-order valence-electron chi connectivity index (χ4n) is 2.20. The molecule has 10 heteroatoms. The van der Waals surface area contributed by atoms with Crippen LogP contribution in [0.1, 0.15) is 0 Å². The van der Waals surface area contributed by atoms with Crippen molar-refractivity contribution in [1.29, 1.82) is 0 Å². The number of likely N-dealkylation sites (N-methyl/N-ethyl adjacent to an activating group) is 1. The van der Waals surface area contributed by atoms with E-state index in [-0.39, 0.29) is 17.2 Å². The molecule has 0 atom stereocenters. The Labute approximate surface area is 142 Å². The molecule has 0 amide bonds. The Morgan fingerprint density at radius 2 is 1.61 bits per heavy atom. The SMILES string of the molecule is CN1CCN(S(=O)(=O)CCNS(=O)(=O)c2ccc(Cl)cc2)CC1. The molecular weight excluding hydrogens is 362 g/mol. The van der Waals surface area contributed by atoms with Crippen LogP contribution in [0.15, 0.2) is 29.2 Å². The summed E-state index contributed by atoms with van der Waals surface area (Å²) >= 11 is 5.72. The van der Waals surface area contributed by atoms with Gasteiger partial charge in [0.2, 0.25) is 20.0 Å². The van der Waals surface area contributed by atoms with E-state index in [0.717, 1.165) is 0 Å². The van der Waals surface area contributed by atoms with Crippen molar-refractivity contribution in [2.45, 2.75) is 4.90 Å². The number of halogens is 1. The molecule has 1 N–H and O–H groups in total. The van der Waals surface area contributed by atoms with E-state index >= 15 is 0 Å². The molecule has 2 rings (SSSR count). The molecule has 0 aliphatic carbocycles. The molecule has 1 aliphatic rings. The van der Waals surface area contributed by atoms with Crippen LogP contribution in [0.25, 0.3) is 0 Å². The number of hydrogen-bond acceptors (Lipinski definition) is 5. The maximum Gasteiger partial charge on any atom is 0.240 e. The molecule has 0 radical (unpaired) electrons. The quantitative estimate of drug-likeness (QED) is 0.760. The van der Waals surface area contributed by atoms with Crippen molar-refractivity contribution in [3.8, 4) is 0 Å². The highest BCUT2D eigenvalue weighted by atomic mass is 35.5. The van der Waals surface area contributed by atoms with Crippen molar-refractivity contribution >= 4 is 31.6 Å². The fraction of sp³-hybridized carbons (Fsp3) is 0.538. The van der Waals surface area contributed by atoms with Crippen molar-refractivity contribution in [3.05, 3.63) is 29.3 Å². The van der Waals surface area contributed by atoms with Gasteiger partial charge in [-0.2, -0.15) is 4.31 Å². The number of nitrogens with zero attached hydrogens (tertiary/aromatic N) is 2. The number of piperazine rings is 1. The van der Waals surface area contributed by atoms with Gasteiger partial charge in [0, 0.05) is 37.7 Å². The number of benzene rings is 1. The van der Waals surface area contributed by atoms with Crippen molar-refractivity contribution in [3.63, 3.8) is 0 Å². The maximum absolute atomic E-state index is 12.2. The summed E-state index contributed by atoms with van der Waals surface area (Å²) in [6.07, 6.45) is 0. The summed E-state index contributed by atoms with van der Waals surface area (Å²) in [5, 5.41) is 0.432. The highest BCUT2D eigenvalue weighted by Crippen LogP contribution is 2.14. The van der Waals surface area contributed by atoms with Crippen LogP contribution in [0.3, 0.4) is 0 Å². The van der Waals surface area contributed by atoms with E-state index in [9.17, 15) is 16.8 Å². The largest absolute Gasteiger partial charge is 0.304 e. The molecule has 0 spiro atoms. The Morgan fingerprint density at radius 3 is 2.17 bits per heavy atom. The van der Waals surface area contributed by atoms with Crippen LogP contribution in [0, 0.1) is 0 Å². The fourth-order valence-corrected chi connectivity index (χ4v) is 4.82. The Kier molecular flexibility index (Phi) is 6.04. The van der Waals surface area contributed by atoms with E-state index in [1.54, 1.807) is 0 Å². The predicted molar refractivity (Wildman–Crippen MR) is 89.5 cm³/mol. The summed E-state index contributed by atoms with van der Waals surface area (Å²) in [5.74, 6) is -0.260. The van der Waals surface area contributed by atoms with Crippen LogP contribution in [0.2, 0.25) is 5.02 Å². The van der Waals surface area contributed by atoms with Crippen LogP contribution in [-0.2, 0) is 20.0 Å². The van der Waals surface area contributed by atoms with E-state index in [4.69, 9.17) is 11.6 Å². The molecule has 0 aromatic heterocycles. The molecule has 1 aromatic rings. The lowest BCUT2D eigenvalue weighted by atomic mass is 10.4. The topological polar surface area (TPSA) is 86.8 Å². The average Bonchev–Trinajstić information content (AvgIpc) is 2.47. The lowest BCUT2D eigenvalue weighted by Gasteiger charge is -2.31. The summed E-state index contributed by atoms with van der Waals surface area (Å²) in [6, 6.07) is 5.69. The molecule has 1 saturated heterocycles.